The van der Waals surface area contributed by atoms with Crippen molar-refractivity contribution >= 4 is 57.4 Å². The van der Waals surface area contributed by atoms with Crippen LogP contribution in [0.15, 0.2) is 42.5 Å². The molecule has 1 aliphatic rings. The van der Waals surface area contributed by atoms with Gasteiger partial charge in [0.05, 0.1) is 0 Å². The van der Waals surface area contributed by atoms with Gasteiger partial charge in [-0.05, 0) is 96.4 Å². The molecule has 1 heterocycles. The number of nitrogens with one attached hydrogen (secondary N) is 2. The molecule has 152 valence electrons. The van der Waals surface area contributed by atoms with Gasteiger partial charge in [0.25, 0.3) is 11.8 Å². The van der Waals surface area contributed by atoms with Gasteiger partial charge in [-0.15, -0.1) is 0 Å². The second kappa shape index (κ2) is 9.67. The second-order valence-corrected chi connectivity index (χ2v) is 9.00. The summed E-state index contributed by atoms with van der Waals surface area (Å²) >= 11 is 7.48. The van der Waals surface area contributed by atoms with Crippen LogP contribution in [-0.4, -0.2) is 34.9 Å². The number of halogens is 1. The van der Waals surface area contributed by atoms with Gasteiger partial charge in [-0.25, -0.2) is 0 Å². The summed E-state index contributed by atoms with van der Waals surface area (Å²) in [6.45, 7) is 5.80. The number of benzene rings is 2. The lowest BCUT2D eigenvalue weighted by molar-refractivity contribution is 0.0697. The van der Waals surface area contributed by atoms with Gasteiger partial charge in [0, 0.05) is 33.5 Å². The number of piperidine rings is 1. The first-order chi connectivity index (χ1) is 13.8. The van der Waals surface area contributed by atoms with E-state index in [0.29, 0.717) is 22.7 Å². The number of anilines is 1. The standard InChI is InChI=1S/C22H24IN3O2S/c1-14-8-10-26(11-9-14)21(28)17-4-3-5-18(12-17)24-22(29)25-20(27)16-7-6-15(2)19(23)13-16/h3-7,12-14H,8-11H2,1-2H3,(H2,24,25,27,29). The van der Waals surface area contributed by atoms with Gasteiger partial charge in [-0.2, -0.15) is 0 Å². The van der Waals surface area contributed by atoms with Crippen LogP contribution >= 0.6 is 34.8 Å². The Morgan fingerprint density at radius 3 is 2.52 bits per heavy atom. The van der Waals surface area contributed by atoms with Crippen molar-refractivity contribution in [2.24, 2.45) is 5.92 Å². The number of rotatable bonds is 3. The van der Waals surface area contributed by atoms with Crippen LogP contribution in [0.2, 0.25) is 0 Å². The molecular formula is C22H24IN3O2S. The Morgan fingerprint density at radius 1 is 1.10 bits per heavy atom. The minimum atomic E-state index is -0.268. The molecule has 1 aliphatic heterocycles. The lowest BCUT2D eigenvalue weighted by atomic mass is 9.98. The molecule has 1 fully saturated rings. The minimum absolute atomic E-state index is 0.0322. The fourth-order valence-corrected chi connectivity index (χ4v) is 3.92. The van der Waals surface area contributed by atoms with Crippen LogP contribution in [0, 0.1) is 16.4 Å². The molecular weight excluding hydrogens is 497 g/mol. The Bertz CT molecular complexity index is 939. The van der Waals surface area contributed by atoms with Gasteiger partial charge in [-0.3, -0.25) is 14.9 Å². The Hall–Kier alpha value is -2.00. The molecule has 3 rings (SSSR count). The van der Waals surface area contributed by atoms with Crippen LogP contribution in [0.3, 0.4) is 0 Å². The maximum absolute atomic E-state index is 12.8. The summed E-state index contributed by atoms with van der Waals surface area (Å²) < 4.78 is 1.02. The van der Waals surface area contributed by atoms with Crippen molar-refractivity contribution in [2.45, 2.75) is 26.7 Å². The summed E-state index contributed by atoms with van der Waals surface area (Å²) in [6, 6.07) is 12.7. The topological polar surface area (TPSA) is 61.4 Å². The molecule has 0 atom stereocenters. The first-order valence-corrected chi connectivity index (χ1v) is 11.1. The van der Waals surface area contributed by atoms with Crippen molar-refractivity contribution in [2.75, 3.05) is 18.4 Å². The monoisotopic (exact) mass is 521 g/mol. The lowest BCUT2D eigenvalue weighted by Gasteiger charge is -2.30. The SMILES string of the molecule is Cc1ccc(C(=O)NC(=S)Nc2cccc(C(=O)N3CCC(C)CC3)c2)cc1I. The molecule has 2 aromatic carbocycles. The van der Waals surface area contributed by atoms with E-state index in [1.165, 1.54) is 0 Å². The third kappa shape index (κ3) is 5.76. The molecule has 1 saturated heterocycles. The summed E-state index contributed by atoms with van der Waals surface area (Å²) in [5.41, 5.74) is 2.96. The van der Waals surface area contributed by atoms with Crippen molar-refractivity contribution in [1.82, 2.24) is 10.2 Å². The second-order valence-electron chi connectivity index (χ2n) is 7.43. The normalized spacial score (nSPS) is 14.4. The van der Waals surface area contributed by atoms with Crippen LogP contribution in [0.25, 0.3) is 0 Å². The highest BCUT2D eigenvalue weighted by atomic mass is 127. The molecule has 2 amide bonds. The summed E-state index contributed by atoms with van der Waals surface area (Å²) in [7, 11) is 0. The van der Waals surface area contributed by atoms with Gasteiger partial charge >= 0.3 is 0 Å². The van der Waals surface area contributed by atoms with Crippen molar-refractivity contribution in [3.8, 4) is 0 Å². The fourth-order valence-electron chi connectivity index (χ4n) is 3.20. The van der Waals surface area contributed by atoms with Crippen molar-refractivity contribution in [3.05, 3.63) is 62.7 Å². The van der Waals surface area contributed by atoms with Gasteiger partial charge in [0.15, 0.2) is 5.11 Å². The van der Waals surface area contributed by atoms with E-state index < -0.39 is 0 Å². The smallest absolute Gasteiger partial charge is 0.257 e. The highest BCUT2D eigenvalue weighted by molar-refractivity contribution is 14.1. The maximum Gasteiger partial charge on any atom is 0.257 e. The Morgan fingerprint density at radius 2 is 1.83 bits per heavy atom. The molecule has 0 aromatic heterocycles. The molecule has 2 aromatic rings. The molecule has 0 spiro atoms. The van der Waals surface area contributed by atoms with E-state index in [9.17, 15) is 9.59 Å². The number of aryl methyl sites for hydroxylation is 1. The quantitative estimate of drug-likeness (QED) is 0.458. The number of nitrogens with zero attached hydrogens (tertiary/aromatic N) is 1. The molecule has 0 saturated carbocycles. The lowest BCUT2D eigenvalue weighted by Crippen LogP contribution is -2.38. The zero-order chi connectivity index (χ0) is 21.0. The van der Waals surface area contributed by atoms with E-state index in [4.69, 9.17) is 12.2 Å². The number of carbonyl (C=O) groups is 2. The molecule has 0 bridgehead atoms. The van der Waals surface area contributed by atoms with E-state index >= 15 is 0 Å². The predicted octanol–water partition coefficient (Wildman–Crippen LogP) is 4.60. The average molecular weight is 521 g/mol. The Labute approximate surface area is 190 Å². The zero-order valence-electron chi connectivity index (χ0n) is 16.5. The number of amides is 2. The van der Waals surface area contributed by atoms with E-state index in [1.54, 1.807) is 18.2 Å². The molecule has 0 aliphatic carbocycles. The van der Waals surface area contributed by atoms with Crippen LogP contribution < -0.4 is 10.6 Å². The third-order valence-electron chi connectivity index (χ3n) is 5.10. The predicted molar refractivity (Wildman–Crippen MR) is 128 cm³/mol. The number of hydrogen-bond donors (Lipinski definition) is 2. The summed E-state index contributed by atoms with van der Waals surface area (Å²) in [4.78, 5) is 27.1. The summed E-state index contributed by atoms with van der Waals surface area (Å²) in [6.07, 6.45) is 2.08. The number of carbonyl (C=O) groups excluding carboxylic acids is 2. The fraction of sp³-hybridized carbons (Fsp3) is 0.318. The molecule has 7 heteroatoms. The molecule has 0 unspecified atom stereocenters. The van der Waals surface area contributed by atoms with E-state index in [2.05, 4.69) is 40.1 Å². The van der Waals surface area contributed by atoms with Crippen LogP contribution in [0.1, 0.15) is 46.0 Å². The maximum atomic E-state index is 12.8. The van der Waals surface area contributed by atoms with E-state index in [0.717, 1.165) is 35.1 Å². The summed E-state index contributed by atoms with van der Waals surface area (Å²) in [5, 5.41) is 5.89. The number of thiocarbonyl (C=S) groups is 1. The first kappa shape index (κ1) is 21.7. The van der Waals surface area contributed by atoms with E-state index in [-0.39, 0.29) is 16.9 Å². The first-order valence-electron chi connectivity index (χ1n) is 9.61. The number of likely N-dealkylation sites (tertiary alicyclic amines) is 1. The highest BCUT2D eigenvalue weighted by Gasteiger charge is 2.21. The van der Waals surface area contributed by atoms with Crippen molar-refractivity contribution < 1.29 is 9.59 Å². The van der Waals surface area contributed by atoms with Crippen LogP contribution in [-0.2, 0) is 0 Å². The largest absolute Gasteiger partial charge is 0.339 e. The van der Waals surface area contributed by atoms with Gasteiger partial charge in [0.2, 0.25) is 0 Å². The zero-order valence-corrected chi connectivity index (χ0v) is 19.5. The number of hydrogen-bond acceptors (Lipinski definition) is 3. The molecule has 5 nitrogen and oxygen atoms in total. The Balaban J connectivity index is 1.62. The van der Waals surface area contributed by atoms with E-state index in [1.807, 2.05) is 36.1 Å². The van der Waals surface area contributed by atoms with Crippen molar-refractivity contribution in [1.29, 1.82) is 0 Å². The highest BCUT2D eigenvalue weighted by Crippen LogP contribution is 2.20. The van der Waals surface area contributed by atoms with Gasteiger partial charge in [0.1, 0.15) is 0 Å². The third-order valence-corrected chi connectivity index (χ3v) is 6.47. The van der Waals surface area contributed by atoms with Gasteiger partial charge < -0.3 is 10.2 Å². The van der Waals surface area contributed by atoms with Gasteiger partial charge in [-0.1, -0.05) is 19.1 Å². The van der Waals surface area contributed by atoms with Crippen LogP contribution in [0.4, 0.5) is 5.69 Å². The minimum Gasteiger partial charge on any atom is -0.339 e. The average Bonchev–Trinajstić information content (AvgIpc) is 2.70. The molecule has 2 N–H and O–H groups in total. The molecule has 29 heavy (non-hydrogen) atoms. The van der Waals surface area contributed by atoms with Crippen LogP contribution in [0.5, 0.6) is 0 Å². The summed E-state index contributed by atoms with van der Waals surface area (Å²) in [5.74, 6) is 0.435. The Kier molecular flexibility index (Phi) is 7.23. The van der Waals surface area contributed by atoms with Crippen molar-refractivity contribution in [3.63, 3.8) is 0 Å². The molecule has 0 radical (unpaired) electrons.